The van der Waals surface area contributed by atoms with Crippen molar-refractivity contribution in [2.45, 2.75) is 23.5 Å². The SMILES string of the molecule is C=CCN(CC(=O)N[C@@H]1CCS(=O)(=O)C1)S(=O)(=O)c1cccc(C(F)(F)F)c1. The number of benzene rings is 1. The van der Waals surface area contributed by atoms with Gasteiger partial charge in [-0.05, 0) is 24.6 Å². The molecule has 156 valence electrons. The van der Waals surface area contributed by atoms with Crippen LogP contribution in [0.5, 0.6) is 0 Å². The molecule has 1 aliphatic heterocycles. The van der Waals surface area contributed by atoms with Crippen LogP contribution in [0.4, 0.5) is 13.2 Å². The number of sulfone groups is 1. The van der Waals surface area contributed by atoms with Crippen LogP contribution in [-0.4, -0.2) is 57.7 Å². The van der Waals surface area contributed by atoms with Crippen molar-refractivity contribution in [3.05, 3.63) is 42.5 Å². The van der Waals surface area contributed by atoms with Gasteiger partial charge in [0.2, 0.25) is 15.9 Å². The van der Waals surface area contributed by atoms with Gasteiger partial charge in [0.25, 0.3) is 0 Å². The normalized spacial score (nSPS) is 19.5. The third kappa shape index (κ3) is 5.55. The highest BCUT2D eigenvalue weighted by Gasteiger charge is 2.34. The van der Waals surface area contributed by atoms with E-state index in [1.165, 1.54) is 6.08 Å². The maximum absolute atomic E-state index is 12.9. The third-order valence-corrected chi connectivity index (χ3v) is 7.62. The Bertz CT molecular complexity index is 959. The van der Waals surface area contributed by atoms with Crippen molar-refractivity contribution in [3.8, 4) is 0 Å². The summed E-state index contributed by atoms with van der Waals surface area (Å²) in [6.45, 7) is 2.41. The predicted octanol–water partition coefficient (Wildman–Crippen LogP) is 1.19. The highest BCUT2D eigenvalue weighted by atomic mass is 32.2. The summed E-state index contributed by atoms with van der Waals surface area (Å²) in [7, 11) is -7.65. The molecule has 0 bridgehead atoms. The van der Waals surface area contributed by atoms with Crippen LogP contribution in [0.1, 0.15) is 12.0 Å². The molecule has 1 N–H and O–H groups in total. The molecule has 1 aromatic carbocycles. The number of hydrogen-bond acceptors (Lipinski definition) is 5. The van der Waals surface area contributed by atoms with Crippen molar-refractivity contribution >= 4 is 25.8 Å². The third-order valence-electron chi connectivity index (χ3n) is 4.05. The van der Waals surface area contributed by atoms with E-state index in [9.17, 15) is 34.8 Å². The van der Waals surface area contributed by atoms with Gasteiger partial charge in [0.15, 0.2) is 9.84 Å². The zero-order valence-electron chi connectivity index (χ0n) is 14.6. The first-order chi connectivity index (χ1) is 12.8. The van der Waals surface area contributed by atoms with E-state index in [4.69, 9.17) is 0 Å². The highest BCUT2D eigenvalue weighted by Crippen LogP contribution is 2.31. The van der Waals surface area contributed by atoms with Crippen molar-refractivity contribution in [1.82, 2.24) is 9.62 Å². The molecule has 12 heteroatoms. The summed E-state index contributed by atoms with van der Waals surface area (Å²) in [6.07, 6.45) is -3.31. The van der Waals surface area contributed by atoms with Crippen molar-refractivity contribution in [1.29, 1.82) is 0 Å². The van der Waals surface area contributed by atoms with Crippen LogP contribution >= 0.6 is 0 Å². The van der Waals surface area contributed by atoms with Crippen molar-refractivity contribution in [2.24, 2.45) is 0 Å². The van der Waals surface area contributed by atoms with E-state index in [0.717, 1.165) is 18.2 Å². The van der Waals surface area contributed by atoms with Crippen molar-refractivity contribution < 1.29 is 34.8 Å². The number of rotatable bonds is 7. The molecule has 1 fully saturated rings. The number of carbonyl (C=O) groups excluding carboxylic acids is 1. The molecular weight excluding hydrogens is 421 g/mol. The minimum atomic E-state index is -4.72. The lowest BCUT2D eigenvalue weighted by molar-refractivity contribution is -0.137. The molecule has 1 aromatic rings. The summed E-state index contributed by atoms with van der Waals surface area (Å²) in [5.41, 5.74) is -1.13. The number of halogens is 3. The summed E-state index contributed by atoms with van der Waals surface area (Å²) in [4.78, 5) is 11.6. The average Bonchev–Trinajstić information content (AvgIpc) is 2.92. The lowest BCUT2D eigenvalue weighted by Gasteiger charge is -2.22. The standard InChI is InChI=1S/C16H19F3N2O5S2/c1-2-7-21(10-15(22)20-13-6-8-27(23,24)11-13)28(25,26)14-5-3-4-12(9-14)16(17,18)19/h2-5,9,13H,1,6-8,10-11H2,(H,20,22)/t13-/m1/s1. The van der Waals surface area contributed by atoms with Gasteiger partial charge >= 0.3 is 6.18 Å². The van der Waals surface area contributed by atoms with Crippen molar-refractivity contribution in [2.75, 3.05) is 24.6 Å². The van der Waals surface area contributed by atoms with E-state index >= 15 is 0 Å². The molecule has 1 aliphatic rings. The molecule has 28 heavy (non-hydrogen) atoms. The van der Waals surface area contributed by atoms with E-state index < -0.39 is 55.0 Å². The monoisotopic (exact) mass is 440 g/mol. The molecule has 1 saturated heterocycles. The fraction of sp³-hybridized carbons (Fsp3) is 0.438. The number of alkyl halides is 3. The van der Waals surface area contributed by atoms with Crippen LogP contribution in [0.25, 0.3) is 0 Å². The Morgan fingerprint density at radius 1 is 1.36 bits per heavy atom. The van der Waals surface area contributed by atoms with Crippen LogP contribution in [-0.2, 0) is 30.8 Å². The Morgan fingerprint density at radius 3 is 2.57 bits per heavy atom. The van der Waals surface area contributed by atoms with E-state index in [1.54, 1.807) is 0 Å². The number of sulfonamides is 1. The fourth-order valence-electron chi connectivity index (χ4n) is 2.72. The molecule has 0 saturated carbocycles. The zero-order valence-corrected chi connectivity index (χ0v) is 16.3. The molecule has 1 amide bonds. The zero-order chi connectivity index (χ0) is 21.2. The first-order valence-electron chi connectivity index (χ1n) is 8.13. The summed E-state index contributed by atoms with van der Waals surface area (Å²) in [6, 6.07) is 2.57. The van der Waals surface area contributed by atoms with Crippen molar-refractivity contribution in [3.63, 3.8) is 0 Å². The van der Waals surface area contributed by atoms with Gasteiger partial charge < -0.3 is 5.32 Å². The van der Waals surface area contributed by atoms with Gasteiger partial charge in [-0.2, -0.15) is 17.5 Å². The summed E-state index contributed by atoms with van der Waals surface area (Å²) in [5, 5.41) is 2.44. The molecule has 0 unspecified atom stereocenters. The van der Waals surface area contributed by atoms with Gasteiger partial charge in [0.1, 0.15) is 0 Å². The van der Waals surface area contributed by atoms with Crippen LogP contribution in [0.3, 0.4) is 0 Å². The second-order valence-corrected chi connectivity index (χ2v) is 10.4. The highest BCUT2D eigenvalue weighted by molar-refractivity contribution is 7.91. The topological polar surface area (TPSA) is 101 Å². The largest absolute Gasteiger partial charge is 0.416 e. The molecule has 0 spiro atoms. The second kappa shape index (κ2) is 8.21. The van der Waals surface area contributed by atoms with Crippen LogP contribution in [0.15, 0.2) is 41.8 Å². The van der Waals surface area contributed by atoms with E-state index in [-0.39, 0.29) is 24.5 Å². The van der Waals surface area contributed by atoms with Crippen LogP contribution in [0.2, 0.25) is 0 Å². The van der Waals surface area contributed by atoms with Crippen LogP contribution < -0.4 is 5.32 Å². The Kier molecular flexibility index (Phi) is 6.56. The molecule has 1 atom stereocenters. The Labute approximate surface area is 161 Å². The number of nitrogens with zero attached hydrogens (tertiary/aromatic N) is 1. The summed E-state index contributed by atoms with van der Waals surface area (Å²) < 4.78 is 87.6. The smallest absolute Gasteiger partial charge is 0.351 e. The minimum Gasteiger partial charge on any atom is -0.351 e. The average molecular weight is 440 g/mol. The maximum Gasteiger partial charge on any atom is 0.416 e. The van der Waals surface area contributed by atoms with Gasteiger partial charge in [-0.1, -0.05) is 12.1 Å². The quantitative estimate of drug-likeness (QED) is 0.642. The molecule has 7 nitrogen and oxygen atoms in total. The second-order valence-electron chi connectivity index (χ2n) is 6.28. The number of nitrogens with one attached hydrogen (secondary N) is 1. The number of carbonyl (C=O) groups is 1. The summed E-state index contributed by atoms with van der Waals surface area (Å²) >= 11 is 0. The van der Waals surface area contributed by atoms with E-state index in [1.807, 2.05) is 0 Å². The van der Waals surface area contributed by atoms with Crippen LogP contribution in [0, 0.1) is 0 Å². The van der Waals surface area contributed by atoms with E-state index in [0.29, 0.717) is 10.4 Å². The Balaban J connectivity index is 2.20. The first kappa shape index (κ1) is 22.4. The molecule has 2 rings (SSSR count). The van der Waals surface area contributed by atoms with Gasteiger partial charge in [-0.25, -0.2) is 16.8 Å². The summed E-state index contributed by atoms with van der Waals surface area (Å²) in [5.74, 6) is -1.06. The Morgan fingerprint density at radius 2 is 2.04 bits per heavy atom. The van der Waals surface area contributed by atoms with Gasteiger partial charge in [0, 0.05) is 12.6 Å². The Hall–Kier alpha value is -1.92. The molecular formula is C16H19F3N2O5S2. The predicted molar refractivity (Wildman–Crippen MR) is 95.6 cm³/mol. The molecule has 0 aliphatic carbocycles. The van der Waals surface area contributed by atoms with Gasteiger partial charge in [-0.15, -0.1) is 6.58 Å². The van der Waals surface area contributed by atoms with E-state index in [2.05, 4.69) is 11.9 Å². The minimum absolute atomic E-state index is 0.0726. The first-order valence-corrected chi connectivity index (χ1v) is 11.4. The number of amides is 1. The lowest BCUT2D eigenvalue weighted by atomic mass is 10.2. The van der Waals surface area contributed by atoms with Gasteiger partial charge in [-0.3, -0.25) is 4.79 Å². The lowest BCUT2D eigenvalue weighted by Crippen LogP contribution is -2.44. The maximum atomic E-state index is 12.9. The number of hydrogen-bond donors (Lipinski definition) is 1. The fourth-order valence-corrected chi connectivity index (χ4v) is 5.80. The molecule has 1 heterocycles. The molecule has 0 aromatic heterocycles. The van der Waals surface area contributed by atoms with Gasteiger partial charge in [0.05, 0.1) is 28.5 Å². The molecule has 0 radical (unpaired) electrons.